The smallest absolute Gasteiger partial charge is 0.416 e. The highest BCUT2D eigenvalue weighted by Gasteiger charge is 2.48. The molecule has 0 radical (unpaired) electrons. The minimum absolute atomic E-state index is 0.0889. The first-order valence-corrected chi connectivity index (χ1v) is 7.50. The lowest BCUT2D eigenvalue weighted by Gasteiger charge is -2.20. The molecular formula is C17H21NO3. The van der Waals surface area contributed by atoms with Gasteiger partial charge in [-0.15, -0.1) is 0 Å². The Morgan fingerprint density at radius 3 is 2.62 bits per heavy atom. The maximum absolute atomic E-state index is 12.4. The predicted octanol–water partition coefficient (Wildman–Crippen LogP) is 3.01. The third-order valence-corrected chi connectivity index (χ3v) is 4.68. The maximum Gasteiger partial charge on any atom is 0.416 e. The van der Waals surface area contributed by atoms with Gasteiger partial charge in [-0.25, -0.2) is 9.69 Å². The summed E-state index contributed by atoms with van der Waals surface area (Å²) in [5.41, 5.74) is 1.36. The van der Waals surface area contributed by atoms with Gasteiger partial charge in [-0.1, -0.05) is 44.2 Å². The summed E-state index contributed by atoms with van der Waals surface area (Å²) in [6, 6.07) is 9.73. The van der Waals surface area contributed by atoms with Crippen LogP contribution in [-0.4, -0.2) is 29.5 Å². The summed E-state index contributed by atoms with van der Waals surface area (Å²) in [5, 5.41) is 0. The third kappa shape index (κ3) is 2.94. The molecule has 0 aromatic heterocycles. The van der Waals surface area contributed by atoms with Crippen molar-refractivity contribution in [3.05, 3.63) is 35.9 Å². The number of amides is 2. The van der Waals surface area contributed by atoms with Crippen molar-refractivity contribution in [1.82, 2.24) is 4.90 Å². The first kappa shape index (κ1) is 14.1. The lowest BCUT2D eigenvalue weighted by atomic mass is 10.0. The lowest BCUT2D eigenvalue weighted by molar-refractivity contribution is -0.129. The van der Waals surface area contributed by atoms with Crippen LogP contribution in [0.1, 0.15) is 32.3 Å². The summed E-state index contributed by atoms with van der Waals surface area (Å²) in [5.74, 6) is 0.310. The van der Waals surface area contributed by atoms with Gasteiger partial charge in [0, 0.05) is 6.42 Å². The summed E-state index contributed by atoms with van der Waals surface area (Å²) in [7, 11) is 0. The van der Waals surface area contributed by atoms with Gasteiger partial charge < -0.3 is 4.74 Å². The molecule has 3 rings (SSSR count). The second-order valence-corrected chi connectivity index (χ2v) is 6.78. The van der Waals surface area contributed by atoms with Gasteiger partial charge in [-0.05, 0) is 29.7 Å². The molecule has 1 aromatic carbocycles. The minimum Gasteiger partial charge on any atom is -0.447 e. The van der Waals surface area contributed by atoms with E-state index >= 15 is 0 Å². The molecule has 1 aliphatic heterocycles. The van der Waals surface area contributed by atoms with Gasteiger partial charge in [-0.2, -0.15) is 0 Å². The Balaban J connectivity index is 1.66. The quantitative estimate of drug-likeness (QED) is 0.855. The molecule has 1 aliphatic carbocycles. The number of ether oxygens (including phenoxy) is 1. The first-order chi connectivity index (χ1) is 9.97. The van der Waals surface area contributed by atoms with Crippen LogP contribution in [0.2, 0.25) is 0 Å². The highest BCUT2D eigenvalue weighted by Crippen LogP contribution is 2.53. The Labute approximate surface area is 125 Å². The van der Waals surface area contributed by atoms with E-state index in [-0.39, 0.29) is 17.4 Å². The number of nitrogens with zero attached hydrogens (tertiary/aromatic N) is 1. The van der Waals surface area contributed by atoms with E-state index in [1.165, 1.54) is 4.90 Å². The number of hydrogen-bond donors (Lipinski definition) is 0. The number of cyclic esters (lactones) is 1. The predicted molar refractivity (Wildman–Crippen MR) is 78.6 cm³/mol. The van der Waals surface area contributed by atoms with E-state index < -0.39 is 6.09 Å². The fraction of sp³-hybridized carbons (Fsp3) is 0.529. The second kappa shape index (κ2) is 5.17. The van der Waals surface area contributed by atoms with Crippen molar-refractivity contribution >= 4 is 12.0 Å². The van der Waals surface area contributed by atoms with Crippen LogP contribution in [0.25, 0.3) is 0 Å². The Morgan fingerprint density at radius 2 is 2.00 bits per heavy atom. The van der Waals surface area contributed by atoms with Gasteiger partial charge in [0.25, 0.3) is 0 Å². The Morgan fingerprint density at radius 1 is 1.33 bits per heavy atom. The number of carbonyl (C=O) groups excluding carboxylic acids is 2. The van der Waals surface area contributed by atoms with Crippen molar-refractivity contribution in [2.75, 3.05) is 6.61 Å². The summed E-state index contributed by atoms with van der Waals surface area (Å²) in [6.07, 6.45) is 1.68. The summed E-state index contributed by atoms with van der Waals surface area (Å²) in [4.78, 5) is 25.6. The number of hydrogen-bond acceptors (Lipinski definition) is 3. The SMILES string of the molecule is CC1(C)CC1CC(=O)N1C(=O)OC[C@@H]1Cc1ccccc1. The normalized spacial score (nSPS) is 26.6. The van der Waals surface area contributed by atoms with Gasteiger partial charge in [0.05, 0.1) is 6.04 Å². The number of imide groups is 1. The fourth-order valence-electron chi connectivity index (χ4n) is 3.04. The molecule has 4 nitrogen and oxygen atoms in total. The summed E-state index contributed by atoms with van der Waals surface area (Å²) < 4.78 is 5.09. The average Bonchev–Trinajstić information content (AvgIpc) is 2.86. The van der Waals surface area contributed by atoms with E-state index in [1.807, 2.05) is 30.3 Å². The minimum atomic E-state index is -0.487. The maximum atomic E-state index is 12.4. The molecule has 1 unspecified atom stereocenters. The van der Waals surface area contributed by atoms with E-state index in [9.17, 15) is 9.59 Å². The zero-order valence-corrected chi connectivity index (χ0v) is 12.5. The monoisotopic (exact) mass is 287 g/mol. The first-order valence-electron chi connectivity index (χ1n) is 7.50. The van der Waals surface area contributed by atoms with E-state index in [0.29, 0.717) is 25.4 Å². The van der Waals surface area contributed by atoms with Crippen LogP contribution >= 0.6 is 0 Å². The Kier molecular flexibility index (Phi) is 3.47. The lowest BCUT2D eigenvalue weighted by Crippen LogP contribution is -2.40. The van der Waals surface area contributed by atoms with Gasteiger partial charge in [-0.3, -0.25) is 4.79 Å². The van der Waals surface area contributed by atoms with Gasteiger partial charge in [0.15, 0.2) is 0 Å². The van der Waals surface area contributed by atoms with E-state index in [0.717, 1.165) is 12.0 Å². The van der Waals surface area contributed by atoms with Crippen molar-refractivity contribution in [1.29, 1.82) is 0 Å². The van der Waals surface area contributed by atoms with Gasteiger partial charge in [0.2, 0.25) is 5.91 Å². The standard InChI is InChI=1S/C17H21NO3/c1-17(2)10-13(17)9-15(19)18-14(11-21-16(18)20)8-12-6-4-3-5-7-12/h3-7,13-14H,8-11H2,1-2H3/t13?,14-/m0/s1. The van der Waals surface area contributed by atoms with Crippen LogP contribution < -0.4 is 0 Å². The molecule has 0 N–H and O–H groups in total. The fourth-order valence-corrected chi connectivity index (χ4v) is 3.04. The van der Waals surface area contributed by atoms with Gasteiger partial charge in [0.1, 0.15) is 6.61 Å². The highest BCUT2D eigenvalue weighted by molar-refractivity contribution is 5.93. The number of carbonyl (C=O) groups is 2. The molecule has 1 saturated carbocycles. The van der Waals surface area contributed by atoms with E-state index in [1.54, 1.807) is 0 Å². The molecule has 21 heavy (non-hydrogen) atoms. The molecule has 4 heteroatoms. The van der Waals surface area contributed by atoms with Gasteiger partial charge >= 0.3 is 6.09 Å². The topological polar surface area (TPSA) is 46.6 Å². The largest absolute Gasteiger partial charge is 0.447 e. The van der Waals surface area contributed by atoms with E-state index in [2.05, 4.69) is 13.8 Å². The van der Waals surface area contributed by atoms with Crippen LogP contribution in [0.3, 0.4) is 0 Å². The van der Waals surface area contributed by atoms with Crippen LogP contribution in [0.4, 0.5) is 4.79 Å². The zero-order valence-electron chi connectivity index (χ0n) is 12.5. The molecule has 1 heterocycles. The van der Waals surface area contributed by atoms with E-state index in [4.69, 9.17) is 4.74 Å². The molecule has 1 saturated heterocycles. The highest BCUT2D eigenvalue weighted by atomic mass is 16.6. The average molecular weight is 287 g/mol. The van der Waals surface area contributed by atoms with Crippen molar-refractivity contribution in [3.63, 3.8) is 0 Å². The molecule has 112 valence electrons. The molecular weight excluding hydrogens is 266 g/mol. The van der Waals surface area contributed by atoms with Crippen LogP contribution in [0, 0.1) is 11.3 Å². The summed E-state index contributed by atoms with van der Waals surface area (Å²) >= 11 is 0. The van der Waals surface area contributed by atoms with Crippen molar-refractivity contribution in [2.45, 2.75) is 39.2 Å². The summed E-state index contributed by atoms with van der Waals surface area (Å²) in [6.45, 7) is 4.62. The Hall–Kier alpha value is -1.84. The second-order valence-electron chi connectivity index (χ2n) is 6.78. The Bertz CT molecular complexity index is 552. The van der Waals surface area contributed by atoms with Crippen molar-refractivity contribution < 1.29 is 14.3 Å². The molecule has 0 bridgehead atoms. The molecule has 2 fully saturated rings. The van der Waals surface area contributed by atoms with Crippen molar-refractivity contribution in [3.8, 4) is 0 Å². The zero-order chi connectivity index (χ0) is 15.0. The number of benzene rings is 1. The molecule has 2 atom stereocenters. The van der Waals surface area contributed by atoms with Crippen molar-refractivity contribution in [2.24, 2.45) is 11.3 Å². The molecule has 1 aromatic rings. The third-order valence-electron chi connectivity index (χ3n) is 4.68. The molecule has 2 amide bonds. The van der Waals surface area contributed by atoms with Crippen LogP contribution in [0.15, 0.2) is 30.3 Å². The van der Waals surface area contributed by atoms with Crippen LogP contribution in [0.5, 0.6) is 0 Å². The molecule has 2 aliphatic rings. The molecule has 0 spiro atoms. The van der Waals surface area contributed by atoms with Crippen LogP contribution in [-0.2, 0) is 16.0 Å². The number of rotatable bonds is 4.